The molecular weight excluding hydrogens is 959 g/mol. The van der Waals surface area contributed by atoms with E-state index in [1.807, 2.05) is 121 Å². The molecule has 2 aliphatic heterocycles. The van der Waals surface area contributed by atoms with Crippen LogP contribution < -0.4 is 0 Å². The number of hydrogen-bond acceptors (Lipinski definition) is 6. The van der Waals surface area contributed by atoms with E-state index < -0.39 is 12.2 Å². The number of nitrogens with zero attached hydrogens (tertiary/aromatic N) is 2. The quantitative estimate of drug-likeness (QED) is 0.104. The van der Waals surface area contributed by atoms with Crippen LogP contribution in [0.4, 0.5) is 0 Å². The highest BCUT2D eigenvalue weighted by atomic mass is 35.5. The molecule has 4 aromatic carbocycles. The molecule has 364 valence electrons. The van der Waals surface area contributed by atoms with Crippen LogP contribution in [-0.2, 0) is 19.1 Å². The number of benzene rings is 4. The maximum atomic E-state index is 13.8. The number of thioether (sulfide) groups is 2. The standard InChI is InChI=1S/2C27H33Cl2NO2S.CH4/c2*1-6-9-23-26(31)30(22(7-2)17-33-27(3,4)5)24(18-12-14-20(28)15-13-18)25(32-23)19-10-8-11-21(29)16-19;/h2*6,8,10-16,22-25H,1,7,9,17H2,2-5H3;1H4/t22-,23+,24-,25-;22-,23-,24-,25-;/m11./s1. The molecule has 0 radical (unpaired) electrons. The Bertz CT molecular complexity index is 2070. The van der Waals surface area contributed by atoms with Crippen LogP contribution in [0, 0.1) is 0 Å². The molecule has 0 bridgehead atoms. The van der Waals surface area contributed by atoms with E-state index in [0.717, 1.165) is 46.6 Å². The fourth-order valence-corrected chi connectivity index (χ4v) is 11.1. The van der Waals surface area contributed by atoms with E-state index in [1.54, 1.807) is 12.2 Å². The van der Waals surface area contributed by atoms with Crippen molar-refractivity contribution in [1.29, 1.82) is 0 Å². The first-order chi connectivity index (χ1) is 31.3. The predicted octanol–water partition coefficient (Wildman–Crippen LogP) is 16.4. The lowest BCUT2D eigenvalue weighted by molar-refractivity contribution is -0.178. The SMILES string of the molecule is C.C=CC[C@@H]1O[C@H](c2cccc(Cl)c2)[C@@H](c2ccc(Cl)cc2)N([C@H](CC)CSC(C)(C)C)C1=O.C=CC[C@H]1O[C@H](c2cccc(Cl)c2)[C@@H](c2ccc(Cl)cc2)N([C@H](CC)CSC(C)(C)C)C1=O. The lowest BCUT2D eigenvalue weighted by Crippen LogP contribution is -2.55. The molecule has 0 saturated carbocycles. The van der Waals surface area contributed by atoms with Crippen LogP contribution in [0.5, 0.6) is 0 Å². The molecule has 2 heterocycles. The normalized spacial score (nSPS) is 22.0. The first-order valence-corrected chi connectivity index (χ1v) is 26.2. The Morgan fingerprint density at radius 1 is 0.567 bits per heavy atom. The van der Waals surface area contributed by atoms with Gasteiger partial charge in [-0.1, -0.05) is 170 Å². The number of ether oxygens (including phenoxy) is 2. The lowest BCUT2D eigenvalue weighted by atomic mass is 9.89. The topological polar surface area (TPSA) is 59.1 Å². The van der Waals surface area contributed by atoms with Crippen LogP contribution in [-0.4, -0.2) is 66.9 Å². The number of hydrogen-bond donors (Lipinski definition) is 0. The molecule has 0 N–H and O–H groups in total. The second-order valence-corrected chi connectivity index (χ2v) is 24.1. The number of rotatable bonds is 16. The van der Waals surface area contributed by atoms with Gasteiger partial charge in [-0.15, -0.1) is 13.2 Å². The second-order valence-electron chi connectivity index (χ2n) is 18.7. The van der Waals surface area contributed by atoms with Gasteiger partial charge in [0.05, 0.1) is 12.1 Å². The molecule has 2 fully saturated rings. The van der Waals surface area contributed by atoms with Gasteiger partial charge in [0.2, 0.25) is 0 Å². The van der Waals surface area contributed by atoms with E-state index in [4.69, 9.17) is 55.9 Å². The van der Waals surface area contributed by atoms with Crippen molar-refractivity contribution in [2.75, 3.05) is 11.5 Å². The minimum Gasteiger partial charge on any atom is -0.358 e. The summed E-state index contributed by atoms with van der Waals surface area (Å²) in [5.41, 5.74) is 3.89. The van der Waals surface area contributed by atoms with Crippen molar-refractivity contribution in [3.63, 3.8) is 0 Å². The van der Waals surface area contributed by atoms with Crippen molar-refractivity contribution in [1.82, 2.24) is 9.80 Å². The van der Waals surface area contributed by atoms with Crippen LogP contribution in [0.3, 0.4) is 0 Å². The van der Waals surface area contributed by atoms with Gasteiger partial charge in [0, 0.05) is 66.0 Å². The molecule has 0 aliphatic carbocycles. The summed E-state index contributed by atoms with van der Waals surface area (Å²) >= 11 is 28.9. The molecule has 6 rings (SSSR count). The number of carbonyl (C=O) groups is 2. The van der Waals surface area contributed by atoms with Gasteiger partial charge in [-0.25, -0.2) is 0 Å². The van der Waals surface area contributed by atoms with Crippen LogP contribution in [0.25, 0.3) is 0 Å². The Balaban J connectivity index is 0.000000288. The third-order valence-corrected chi connectivity index (χ3v) is 15.3. The highest BCUT2D eigenvalue weighted by Crippen LogP contribution is 2.47. The summed E-state index contributed by atoms with van der Waals surface area (Å²) < 4.78 is 13.2. The third-order valence-electron chi connectivity index (χ3n) is 11.5. The van der Waals surface area contributed by atoms with Gasteiger partial charge >= 0.3 is 0 Å². The van der Waals surface area contributed by atoms with Crippen LogP contribution in [0.1, 0.15) is 135 Å². The summed E-state index contributed by atoms with van der Waals surface area (Å²) in [5, 5.41) is 2.61. The first kappa shape index (κ1) is 56.7. The van der Waals surface area contributed by atoms with Crippen molar-refractivity contribution in [2.24, 2.45) is 0 Å². The summed E-state index contributed by atoms with van der Waals surface area (Å²) in [6.45, 7) is 25.2. The lowest BCUT2D eigenvalue weighted by Gasteiger charge is -2.48. The van der Waals surface area contributed by atoms with Gasteiger partial charge in [0.1, 0.15) is 24.4 Å². The summed E-state index contributed by atoms with van der Waals surface area (Å²) in [7, 11) is 0. The van der Waals surface area contributed by atoms with Crippen LogP contribution >= 0.6 is 69.9 Å². The van der Waals surface area contributed by atoms with Crippen molar-refractivity contribution in [2.45, 2.75) is 147 Å². The zero-order chi connectivity index (χ0) is 48.3. The molecular formula is C55H70Cl4N2O4S2. The number of halogens is 4. The Kier molecular flexibility index (Phi) is 21.8. The van der Waals surface area contributed by atoms with Crippen molar-refractivity contribution in [3.8, 4) is 0 Å². The van der Waals surface area contributed by atoms with Gasteiger partial charge < -0.3 is 19.3 Å². The van der Waals surface area contributed by atoms with E-state index in [1.165, 1.54) is 0 Å². The van der Waals surface area contributed by atoms with Gasteiger partial charge in [0.25, 0.3) is 11.8 Å². The maximum Gasteiger partial charge on any atom is 0.252 e. The van der Waals surface area contributed by atoms with Gasteiger partial charge in [-0.2, -0.15) is 23.5 Å². The van der Waals surface area contributed by atoms with E-state index in [0.29, 0.717) is 32.9 Å². The van der Waals surface area contributed by atoms with Crippen LogP contribution in [0.15, 0.2) is 122 Å². The highest BCUT2D eigenvalue weighted by molar-refractivity contribution is 8.00. The summed E-state index contributed by atoms with van der Waals surface area (Å²) in [4.78, 5) is 31.8. The first-order valence-electron chi connectivity index (χ1n) is 22.8. The summed E-state index contributed by atoms with van der Waals surface area (Å²) in [5.74, 6) is 1.71. The third kappa shape index (κ3) is 15.5. The number of amides is 2. The smallest absolute Gasteiger partial charge is 0.252 e. The molecule has 2 saturated heterocycles. The fraction of sp³-hybridized carbons (Fsp3) is 0.455. The van der Waals surface area contributed by atoms with Crippen molar-refractivity contribution >= 4 is 81.7 Å². The molecule has 0 aromatic heterocycles. The van der Waals surface area contributed by atoms with E-state index in [-0.39, 0.29) is 65.1 Å². The molecule has 2 amide bonds. The molecule has 2 aliphatic rings. The zero-order valence-electron chi connectivity index (χ0n) is 39.5. The molecule has 4 aromatic rings. The monoisotopic (exact) mass is 1030 g/mol. The maximum absolute atomic E-state index is 13.8. The molecule has 6 nitrogen and oxygen atoms in total. The van der Waals surface area contributed by atoms with Gasteiger partial charge in [-0.05, 0) is 83.6 Å². The second kappa shape index (κ2) is 25.8. The molecule has 0 unspecified atom stereocenters. The Hall–Kier alpha value is -2.92. The minimum absolute atomic E-state index is 0. The van der Waals surface area contributed by atoms with E-state index >= 15 is 0 Å². The minimum atomic E-state index is -0.580. The van der Waals surface area contributed by atoms with Crippen molar-refractivity contribution in [3.05, 3.63) is 165 Å². The van der Waals surface area contributed by atoms with E-state index in [9.17, 15) is 9.59 Å². The van der Waals surface area contributed by atoms with E-state index in [2.05, 4.69) is 78.3 Å². The summed E-state index contributed by atoms with van der Waals surface area (Å²) in [6, 6.07) is 30.4. The highest BCUT2D eigenvalue weighted by Gasteiger charge is 2.48. The Morgan fingerprint density at radius 2 is 0.910 bits per heavy atom. The number of carbonyl (C=O) groups excluding carboxylic acids is 2. The molecule has 8 atom stereocenters. The van der Waals surface area contributed by atoms with Crippen molar-refractivity contribution < 1.29 is 19.1 Å². The Morgan fingerprint density at radius 3 is 1.19 bits per heavy atom. The fourth-order valence-electron chi connectivity index (χ4n) is 8.31. The summed E-state index contributed by atoms with van der Waals surface area (Å²) in [6.07, 6.45) is 4.25. The average Bonchev–Trinajstić information content (AvgIpc) is 3.26. The Labute approximate surface area is 430 Å². The molecule has 0 spiro atoms. The molecule has 67 heavy (non-hydrogen) atoms. The predicted molar refractivity (Wildman–Crippen MR) is 289 cm³/mol. The van der Waals surface area contributed by atoms with Gasteiger partial charge in [0.15, 0.2) is 0 Å². The largest absolute Gasteiger partial charge is 0.358 e. The zero-order valence-corrected chi connectivity index (χ0v) is 44.2. The van der Waals surface area contributed by atoms with Gasteiger partial charge in [-0.3, -0.25) is 9.59 Å². The molecule has 12 heteroatoms. The average molecular weight is 1030 g/mol. The van der Waals surface area contributed by atoms with Crippen LogP contribution in [0.2, 0.25) is 20.1 Å². The number of morpholine rings is 2.